The smallest absolute Gasteiger partial charge is 0.871 e. The number of halogens is 1. The Balaban J connectivity index is 0.00000240. The molecule has 4 rings (SSSR count). The molecule has 29 heavy (non-hydrogen) atoms. The van der Waals surface area contributed by atoms with Gasteiger partial charge in [-0.15, -0.1) is 0 Å². The van der Waals surface area contributed by atoms with Crippen molar-refractivity contribution in [1.82, 2.24) is 10.1 Å². The summed E-state index contributed by atoms with van der Waals surface area (Å²) >= 11 is 6.42. The standard InChI is InChI=1S/C21H17ClN2O4.K/c1-3-27-13-6-4-12(5-7-13)14-9-15-17(10-16(14)22)23-21(26)19(20(15)25)18-8-11(2)24-28-18;/h4-10H,3H2,1-2H3,(H2,23,25,26);/q;+1/p-1. The average Bonchev–Trinajstić information content (AvgIpc) is 3.08. The van der Waals surface area contributed by atoms with Gasteiger partial charge in [-0.25, -0.2) is 0 Å². The minimum Gasteiger partial charge on any atom is -0.871 e. The zero-order valence-electron chi connectivity index (χ0n) is 16.2. The Hall–Kier alpha value is -1.61. The molecule has 2 aromatic heterocycles. The van der Waals surface area contributed by atoms with E-state index in [4.69, 9.17) is 20.9 Å². The Morgan fingerprint density at radius 3 is 2.55 bits per heavy atom. The number of aryl methyl sites for hydroxylation is 1. The first kappa shape index (κ1) is 22.1. The van der Waals surface area contributed by atoms with E-state index in [-0.39, 0.29) is 62.7 Å². The molecule has 2 aromatic carbocycles. The number of rotatable bonds is 4. The minimum absolute atomic E-state index is 0. The number of fused-ring (bicyclic) bond motifs is 1. The fourth-order valence-corrected chi connectivity index (χ4v) is 3.38. The Bertz CT molecular complexity index is 1230. The van der Waals surface area contributed by atoms with E-state index < -0.39 is 11.3 Å². The number of aromatic nitrogens is 2. The number of benzene rings is 2. The normalized spacial score (nSPS) is 10.7. The van der Waals surface area contributed by atoms with Gasteiger partial charge in [0.25, 0.3) is 5.56 Å². The summed E-state index contributed by atoms with van der Waals surface area (Å²) < 4.78 is 10.6. The number of aromatic amines is 1. The quantitative estimate of drug-likeness (QED) is 0.489. The van der Waals surface area contributed by atoms with Gasteiger partial charge in [-0.3, -0.25) is 4.79 Å². The molecule has 0 radical (unpaired) electrons. The molecule has 0 saturated carbocycles. The van der Waals surface area contributed by atoms with E-state index in [2.05, 4.69) is 10.1 Å². The monoisotopic (exact) mass is 434 g/mol. The third-order valence-corrected chi connectivity index (χ3v) is 4.72. The van der Waals surface area contributed by atoms with E-state index in [0.29, 0.717) is 33.8 Å². The molecule has 0 amide bonds. The summed E-state index contributed by atoms with van der Waals surface area (Å²) in [6, 6.07) is 12.2. The molecule has 1 N–H and O–H groups in total. The van der Waals surface area contributed by atoms with Crippen molar-refractivity contribution in [2.24, 2.45) is 0 Å². The summed E-state index contributed by atoms with van der Waals surface area (Å²) in [5.74, 6) is 0.460. The van der Waals surface area contributed by atoms with Gasteiger partial charge in [0, 0.05) is 17.1 Å². The number of ether oxygens (including phenoxy) is 1. The fraction of sp³-hybridized carbons (Fsp3) is 0.143. The molecular formula is C21H16ClKN2O4. The van der Waals surface area contributed by atoms with Crippen LogP contribution in [0.5, 0.6) is 11.5 Å². The third-order valence-electron chi connectivity index (χ3n) is 4.40. The van der Waals surface area contributed by atoms with Crippen molar-refractivity contribution in [3.8, 4) is 33.9 Å². The van der Waals surface area contributed by atoms with Gasteiger partial charge < -0.3 is 19.4 Å². The Labute approximate surface area is 214 Å². The van der Waals surface area contributed by atoms with Crippen LogP contribution in [0.1, 0.15) is 12.6 Å². The summed E-state index contributed by atoms with van der Waals surface area (Å²) in [5, 5.41) is 17.6. The fourth-order valence-electron chi connectivity index (χ4n) is 3.11. The van der Waals surface area contributed by atoms with Gasteiger partial charge in [0.1, 0.15) is 5.75 Å². The molecule has 0 bridgehead atoms. The first-order chi connectivity index (χ1) is 13.5. The maximum Gasteiger partial charge on any atom is 1.00 e. The zero-order chi connectivity index (χ0) is 19.8. The van der Waals surface area contributed by atoms with Crippen LogP contribution < -0.4 is 66.8 Å². The summed E-state index contributed by atoms with van der Waals surface area (Å²) in [6.07, 6.45) is 0. The number of nitrogens with one attached hydrogen (secondary N) is 1. The number of H-pyrrole nitrogens is 1. The van der Waals surface area contributed by atoms with E-state index in [1.54, 1.807) is 25.1 Å². The first-order valence-electron chi connectivity index (χ1n) is 8.71. The van der Waals surface area contributed by atoms with Crippen molar-refractivity contribution in [2.45, 2.75) is 13.8 Å². The minimum atomic E-state index is -0.543. The molecule has 8 heteroatoms. The summed E-state index contributed by atoms with van der Waals surface area (Å²) in [5.41, 5.74) is 1.85. The second kappa shape index (κ2) is 9.03. The van der Waals surface area contributed by atoms with Gasteiger partial charge in [-0.05, 0) is 49.1 Å². The molecule has 0 aliphatic carbocycles. The van der Waals surface area contributed by atoms with E-state index in [1.807, 2.05) is 31.2 Å². The topological polar surface area (TPSA) is 91.2 Å². The molecule has 0 saturated heterocycles. The van der Waals surface area contributed by atoms with Crippen LogP contribution >= 0.6 is 11.6 Å². The molecule has 142 valence electrons. The first-order valence-corrected chi connectivity index (χ1v) is 9.09. The van der Waals surface area contributed by atoms with Crippen LogP contribution in [-0.2, 0) is 0 Å². The number of nitrogens with zero attached hydrogens (tertiary/aromatic N) is 1. The maximum atomic E-state index is 13.0. The Kier molecular flexibility index (Phi) is 6.88. The van der Waals surface area contributed by atoms with Gasteiger partial charge in [0.2, 0.25) is 0 Å². The molecular weight excluding hydrogens is 419 g/mol. The molecule has 0 aliphatic rings. The summed E-state index contributed by atoms with van der Waals surface area (Å²) in [4.78, 5) is 15.1. The van der Waals surface area contributed by atoms with E-state index in [0.717, 1.165) is 11.3 Å². The van der Waals surface area contributed by atoms with Gasteiger partial charge in [0.15, 0.2) is 5.76 Å². The molecule has 6 nitrogen and oxygen atoms in total. The van der Waals surface area contributed by atoms with Crippen LogP contribution in [0.25, 0.3) is 33.4 Å². The summed E-state index contributed by atoms with van der Waals surface area (Å²) in [7, 11) is 0. The summed E-state index contributed by atoms with van der Waals surface area (Å²) in [6.45, 7) is 4.21. The SMILES string of the molecule is CCOc1ccc(-c2cc3c([O-])c(-c4cc(C)no4)c(=O)[nH]c3cc2Cl)cc1.[K+]. The molecule has 0 atom stereocenters. The second-order valence-corrected chi connectivity index (χ2v) is 6.73. The van der Waals surface area contributed by atoms with Crippen molar-refractivity contribution < 1.29 is 65.8 Å². The van der Waals surface area contributed by atoms with Gasteiger partial charge in [0.05, 0.1) is 22.9 Å². The van der Waals surface area contributed by atoms with Gasteiger partial charge >= 0.3 is 51.4 Å². The number of pyridine rings is 1. The molecule has 0 spiro atoms. The van der Waals surface area contributed by atoms with Crippen molar-refractivity contribution in [2.75, 3.05) is 6.61 Å². The van der Waals surface area contributed by atoms with Crippen molar-refractivity contribution in [3.63, 3.8) is 0 Å². The van der Waals surface area contributed by atoms with Gasteiger partial charge in [-0.2, -0.15) is 0 Å². The van der Waals surface area contributed by atoms with E-state index in [1.165, 1.54) is 0 Å². The predicted octanol–water partition coefficient (Wildman–Crippen LogP) is 1.29. The average molecular weight is 435 g/mol. The van der Waals surface area contributed by atoms with Crippen molar-refractivity contribution in [1.29, 1.82) is 0 Å². The second-order valence-electron chi connectivity index (χ2n) is 6.33. The Morgan fingerprint density at radius 2 is 1.93 bits per heavy atom. The van der Waals surface area contributed by atoms with E-state index >= 15 is 0 Å². The largest absolute Gasteiger partial charge is 1.00 e. The third kappa shape index (κ3) is 4.30. The van der Waals surface area contributed by atoms with E-state index in [9.17, 15) is 9.90 Å². The molecule has 0 aliphatic heterocycles. The van der Waals surface area contributed by atoms with Crippen molar-refractivity contribution >= 4 is 22.5 Å². The van der Waals surface area contributed by atoms with Crippen LogP contribution in [0.3, 0.4) is 0 Å². The Morgan fingerprint density at radius 1 is 1.21 bits per heavy atom. The number of hydrogen-bond donors (Lipinski definition) is 1. The van der Waals surface area contributed by atoms with Gasteiger partial charge in [-0.1, -0.05) is 34.6 Å². The zero-order valence-corrected chi connectivity index (χ0v) is 20.1. The molecule has 4 aromatic rings. The molecule has 0 unspecified atom stereocenters. The van der Waals surface area contributed by atoms with Crippen molar-refractivity contribution in [3.05, 3.63) is 63.5 Å². The molecule has 0 fully saturated rings. The predicted molar refractivity (Wildman–Crippen MR) is 106 cm³/mol. The van der Waals surface area contributed by atoms with Crippen LogP contribution in [0.2, 0.25) is 5.02 Å². The molecule has 2 heterocycles. The van der Waals surface area contributed by atoms with Crippen LogP contribution in [0.15, 0.2) is 51.8 Å². The van der Waals surface area contributed by atoms with Crippen LogP contribution in [0, 0.1) is 6.92 Å². The van der Waals surface area contributed by atoms with Crippen LogP contribution in [-0.4, -0.2) is 16.7 Å². The number of hydrogen-bond acceptors (Lipinski definition) is 5. The van der Waals surface area contributed by atoms with Crippen LogP contribution in [0.4, 0.5) is 0 Å². The maximum absolute atomic E-state index is 13.0.